The maximum Gasteiger partial charge on any atom is 0.0195 e. The zero-order chi connectivity index (χ0) is 12.2. The molecule has 1 N–H and O–H groups in total. The third kappa shape index (κ3) is 4.36. The molecule has 1 nitrogen and oxygen atoms in total. The Bertz CT molecular complexity index is 310. The Morgan fingerprint density at radius 2 is 1.56 bits per heavy atom. The van der Waals surface area contributed by atoms with Gasteiger partial charge in [-0.05, 0) is 37.8 Å². The molecule has 1 aromatic carbocycles. The fourth-order valence-corrected chi connectivity index (χ4v) is 2.46. The van der Waals surface area contributed by atoms with E-state index in [0.29, 0.717) is 5.41 Å². The summed E-state index contributed by atoms with van der Waals surface area (Å²) >= 11 is 0. The number of nitrogens with one attached hydrogen (secondary N) is 1. The summed E-state index contributed by atoms with van der Waals surface area (Å²) in [6.07, 6.45) is 2.26. The predicted molar refractivity (Wildman–Crippen MR) is 71.7 cm³/mol. The van der Waals surface area contributed by atoms with Crippen LogP contribution in [0.4, 0.5) is 0 Å². The van der Waals surface area contributed by atoms with E-state index < -0.39 is 0 Å². The maximum atomic E-state index is 3.48. The second kappa shape index (κ2) is 5.01. The first-order chi connectivity index (χ1) is 7.35. The summed E-state index contributed by atoms with van der Waals surface area (Å²) in [6.45, 7) is 9.21. The third-order valence-electron chi connectivity index (χ3n) is 2.96. The topological polar surface area (TPSA) is 12.0 Å². The molecule has 0 spiro atoms. The van der Waals surface area contributed by atoms with Crippen LogP contribution in [0.5, 0.6) is 0 Å². The van der Waals surface area contributed by atoms with Crippen molar-refractivity contribution >= 4 is 0 Å². The van der Waals surface area contributed by atoms with E-state index in [4.69, 9.17) is 0 Å². The summed E-state index contributed by atoms with van der Waals surface area (Å²) in [5.41, 5.74) is 1.94. The van der Waals surface area contributed by atoms with Crippen LogP contribution in [0.25, 0.3) is 0 Å². The minimum absolute atomic E-state index is 0.180. The monoisotopic (exact) mass is 219 g/mol. The average molecular weight is 219 g/mol. The molecule has 0 aliphatic carbocycles. The largest absolute Gasteiger partial charge is 0.314 e. The molecule has 0 radical (unpaired) electrons. The van der Waals surface area contributed by atoms with Crippen LogP contribution in [0.3, 0.4) is 0 Å². The lowest BCUT2D eigenvalue weighted by molar-refractivity contribution is 0.235. The Morgan fingerprint density at radius 1 is 1.00 bits per heavy atom. The van der Waals surface area contributed by atoms with Crippen molar-refractivity contribution in [1.82, 2.24) is 5.32 Å². The highest BCUT2D eigenvalue weighted by molar-refractivity contribution is 5.17. The molecule has 1 unspecified atom stereocenters. The molecule has 0 bridgehead atoms. The van der Waals surface area contributed by atoms with E-state index >= 15 is 0 Å². The van der Waals surface area contributed by atoms with E-state index in [1.54, 1.807) is 0 Å². The molecule has 1 heteroatoms. The fourth-order valence-electron chi connectivity index (χ4n) is 2.46. The maximum absolute atomic E-state index is 3.48. The molecule has 1 rings (SSSR count). The molecule has 0 saturated heterocycles. The van der Waals surface area contributed by atoms with Crippen LogP contribution in [0.2, 0.25) is 0 Å². The predicted octanol–water partition coefficient (Wildman–Crippen LogP) is 3.64. The lowest BCUT2D eigenvalue weighted by Crippen LogP contribution is -2.44. The van der Waals surface area contributed by atoms with Gasteiger partial charge in [0.15, 0.2) is 0 Å². The molecule has 0 fully saturated rings. The molecule has 0 saturated carbocycles. The van der Waals surface area contributed by atoms with Gasteiger partial charge in [0.2, 0.25) is 0 Å². The highest BCUT2D eigenvalue weighted by Crippen LogP contribution is 2.29. The van der Waals surface area contributed by atoms with Gasteiger partial charge in [0.05, 0.1) is 0 Å². The molecule has 0 amide bonds. The lowest BCUT2D eigenvalue weighted by Gasteiger charge is -2.36. The minimum atomic E-state index is 0.180. The van der Waals surface area contributed by atoms with Crippen LogP contribution in [-0.4, -0.2) is 12.6 Å². The Hall–Kier alpha value is -0.820. The fraction of sp³-hybridized carbons (Fsp3) is 0.600. The summed E-state index contributed by atoms with van der Waals surface area (Å²) < 4.78 is 0. The Kier molecular flexibility index (Phi) is 4.15. The van der Waals surface area contributed by atoms with Crippen molar-refractivity contribution < 1.29 is 0 Å². The van der Waals surface area contributed by atoms with Crippen LogP contribution < -0.4 is 5.32 Å². The van der Waals surface area contributed by atoms with Crippen molar-refractivity contribution in [2.24, 2.45) is 5.41 Å². The van der Waals surface area contributed by atoms with E-state index in [1.807, 2.05) is 0 Å². The van der Waals surface area contributed by atoms with Gasteiger partial charge in [0, 0.05) is 5.54 Å². The standard InChI is InChI=1S/C15H25N/c1-14(2,3)12-15(4,16-5)11-13-9-7-6-8-10-13/h6-10,16H,11-12H2,1-5H3. The summed E-state index contributed by atoms with van der Waals surface area (Å²) in [5.74, 6) is 0. The highest BCUT2D eigenvalue weighted by Gasteiger charge is 2.28. The first kappa shape index (κ1) is 13.2. The van der Waals surface area contributed by atoms with E-state index in [2.05, 4.69) is 70.4 Å². The summed E-state index contributed by atoms with van der Waals surface area (Å²) in [6, 6.07) is 10.7. The smallest absolute Gasteiger partial charge is 0.0195 e. The molecule has 16 heavy (non-hydrogen) atoms. The van der Waals surface area contributed by atoms with Crippen molar-refractivity contribution in [3.63, 3.8) is 0 Å². The lowest BCUT2D eigenvalue weighted by atomic mass is 9.78. The Labute approximate surface area is 100 Å². The number of rotatable bonds is 4. The molecule has 0 aliphatic rings. The molecule has 0 aromatic heterocycles. The van der Waals surface area contributed by atoms with Gasteiger partial charge in [-0.15, -0.1) is 0 Å². The summed E-state index contributed by atoms with van der Waals surface area (Å²) in [5, 5.41) is 3.48. The van der Waals surface area contributed by atoms with Crippen LogP contribution >= 0.6 is 0 Å². The van der Waals surface area contributed by atoms with Gasteiger partial charge in [0.1, 0.15) is 0 Å². The van der Waals surface area contributed by atoms with Crippen molar-refractivity contribution in [2.75, 3.05) is 7.05 Å². The number of benzene rings is 1. The van der Waals surface area contributed by atoms with E-state index in [-0.39, 0.29) is 5.54 Å². The molecule has 1 atom stereocenters. The van der Waals surface area contributed by atoms with Crippen molar-refractivity contribution in [1.29, 1.82) is 0 Å². The minimum Gasteiger partial charge on any atom is -0.314 e. The van der Waals surface area contributed by atoms with E-state index in [9.17, 15) is 0 Å². The normalized spacial score (nSPS) is 15.8. The summed E-state index contributed by atoms with van der Waals surface area (Å²) in [7, 11) is 2.06. The van der Waals surface area contributed by atoms with Gasteiger partial charge >= 0.3 is 0 Å². The van der Waals surface area contributed by atoms with Crippen LogP contribution in [0, 0.1) is 5.41 Å². The van der Waals surface area contributed by atoms with Gasteiger partial charge in [-0.2, -0.15) is 0 Å². The van der Waals surface area contributed by atoms with E-state index in [1.165, 1.54) is 12.0 Å². The number of likely N-dealkylation sites (N-methyl/N-ethyl adjacent to an activating group) is 1. The van der Waals surface area contributed by atoms with E-state index in [0.717, 1.165) is 6.42 Å². The molecular formula is C15H25N. The quantitative estimate of drug-likeness (QED) is 0.815. The number of hydrogen-bond acceptors (Lipinski definition) is 1. The van der Waals surface area contributed by atoms with Crippen molar-refractivity contribution in [3.05, 3.63) is 35.9 Å². The van der Waals surface area contributed by atoms with Gasteiger partial charge in [-0.3, -0.25) is 0 Å². The van der Waals surface area contributed by atoms with Crippen molar-refractivity contribution in [3.8, 4) is 0 Å². The van der Waals surface area contributed by atoms with Gasteiger partial charge in [-0.1, -0.05) is 51.1 Å². The Balaban J connectivity index is 2.74. The van der Waals surface area contributed by atoms with Crippen molar-refractivity contribution in [2.45, 2.75) is 46.1 Å². The highest BCUT2D eigenvalue weighted by atomic mass is 14.9. The van der Waals surface area contributed by atoms with Crippen LogP contribution in [0.1, 0.15) is 39.7 Å². The van der Waals surface area contributed by atoms with Crippen LogP contribution in [0.15, 0.2) is 30.3 Å². The third-order valence-corrected chi connectivity index (χ3v) is 2.96. The second-order valence-corrected chi connectivity index (χ2v) is 6.21. The van der Waals surface area contributed by atoms with Gasteiger partial charge in [0.25, 0.3) is 0 Å². The van der Waals surface area contributed by atoms with Gasteiger partial charge < -0.3 is 5.32 Å². The molecule has 0 aliphatic heterocycles. The first-order valence-corrected chi connectivity index (χ1v) is 6.07. The molecular weight excluding hydrogens is 194 g/mol. The molecule has 90 valence electrons. The van der Waals surface area contributed by atoms with Crippen LogP contribution in [-0.2, 0) is 6.42 Å². The second-order valence-electron chi connectivity index (χ2n) is 6.21. The first-order valence-electron chi connectivity index (χ1n) is 6.07. The zero-order valence-electron chi connectivity index (χ0n) is 11.3. The zero-order valence-corrected chi connectivity index (χ0v) is 11.3. The average Bonchev–Trinajstić information content (AvgIpc) is 2.16. The SMILES string of the molecule is CNC(C)(Cc1ccccc1)CC(C)(C)C. The van der Waals surface area contributed by atoms with Gasteiger partial charge in [-0.25, -0.2) is 0 Å². The number of hydrogen-bond donors (Lipinski definition) is 1. The Morgan fingerprint density at radius 3 is 2.00 bits per heavy atom. The molecule has 0 heterocycles. The molecule has 1 aromatic rings. The summed E-state index contributed by atoms with van der Waals surface area (Å²) in [4.78, 5) is 0.